The topological polar surface area (TPSA) is 65.1 Å². The number of hydrogen-bond acceptors (Lipinski definition) is 6. The zero-order valence-corrected chi connectivity index (χ0v) is 18.8. The molecule has 29 heavy (non-hydrogen) atoms. The summed E-state index contributed by atoms with van der Waals surface area (Å²) in [6, 6.07) is 10.5. The number of nitrogens with zero attached hydrogens (tertiary/aromatic N) is 1. The fourth-order valence-corrected chi connectivity index (χ4v) is 4.11. The first-order valence-electron chi connectivity index (χ1n) is 8.48. The van der Waals surface area contributed by atoms with Crippen LogP contribution in [0.15, 0.2) is 45.8 Å². The van der Waals surface area contributed by atoms with Crippen molar-refractivity contribution >= 4 is 56.5 Å². The Morgan fingerprint density at radius 2 is 1.79 bits per heavy atom. The number of ether oxygens (including phenoxy) is 3. The highest BCUT2D eigenvalue weighted by Gasteiger charge is 2.35. The second-order valence-corrected chi connectivity index (χ2v) is 8.10. The van der Waals surface area contributed by atoms with Gasteiger partial charge in [0.1, 0.15) is 12.4 Å². The molecule has 0 N–H and O–H groups in total. The molecule has 0 radical (unpaired) electrons. The van der Waals surface area contributed by atoms with Gasteiger partial charge in [0.05, 0.1) is 30.7 Å². The van der Waals surface area contributed by atoms with E-state index in [-0.39, 0.29) is 24.3 Å². The molecule has 0 saturated carbocycles. The minimum absolute atomic E-state index is 0.125. The van der Waals surface area contributed by atoms with Crippen LogP contribution >= 0.6 is 39.3 Å². The summed E-state index contributed by atoms with van der Waals surface area (Å²) in [5.74, 6) is 1.21. The average Bonchev–Trinajstić information content (AvgIpc) is 2.97. The molecule has 2 amide bonds. The number of benzene rings is 2. The minimum atomic E-state index is -0.371. The first kappa shape index (κ1) is 21.5. The number of hydrogen-bond donors (Lipinski definition) is 0. The number of rotatable bonds is 7. The molecule has 6 nitrogen and oxygen atoms in total. The van der Waals surface area contributed by atoms with Crippen molar-refractivity contribution in [1.82, 2.24) is 4.90 Å². The van der Waals surface area contributed by atoms with Crippen molar-refractivity contribution in [3.05, 3.63) is 56.4 Å². The molecule has 0 atom stereocenters. The van der Waals surface area contributed by atoms with Crippen molar-refractivity contribution in [3.8, 4) is 17.2 Å². The van der Waals surface area contributed by atoms with Gasteiger partial charge in [0, 0.05) is 4.47 Å². The molecule has 0 aromatic heterocycles. The van der Waals surface area contributed by atoms with Crippen LogP contribution in [0.2, 0.25) is 5.02 Å². The Morgan fingerprint density at radius 3 is 2.48 bits per heavy atom. The lowest BCUT2D eigenvalue weighted by atomic mass is 10.2. The number of carbonyl (C=O) groups excluding carboxylic acids is 2. The first-order valence-corrected chi connectivity index (χ1v) is 10.5. The predicted molar refractivity (Wildman–Crippen MR) is 117 cm³/mol. The van der Waals surface area contributed by atoms with Crippen LogP contribution in [0.5, 0.6) is 17.2 Å². The van der Waals surface area contributed by atoms with Crippen molar-refractivity contribution in [2.24, 2.45) is 0 Å². The van der Waals surface area contributed by atoms with Crippen LogP contribution in [-0.2, 0) is 4.79 Å². The third-order valence-corrected chi connectivity index (χ3v) is 5.98. The lowest BCUT2D eigenvalue weighted by Crippen LogP contribution is -2.32. The van der Waals surface area contributed by atoms with Gasteiger partial charge in [-0.2, -0.15) is 0 Å². The van der Waals surface area contributed by atoms with E-state index >= 15 is 0 Å². The van der Waals surface area contributed by atoms with Gasteiger partial charge in [-0.25, -0.2) is 0 Å². The smallest absolute Gasteiger partial charge is 0.293 e. The summed E-state index contributed by atoms with van der Waals surface area (Å²) in [7, 11) is 3.07. The fourth-order valence-electron chi connectivity index (χ4n) is 2.62. The van der Waals surface area contributed by atoms with E-state index in [1.807, 2.05) is 0 Å². The monoisotopic (exact) mass is 497 g/mol. The van der Waals surface area contributed by atoms with E-state index in [4.69, 9.17) is 25.8 Å². The van der Waals surface area contributed by atoms with Gasteiger partial charge >= 0.3 is 0 Å². The van der Waals surface area contributed by atoms with Gasteiger partial charge in [0.2, 0.25) is 0 Å². The maximum absolute atomic E-state index is 12.7. The third kappa shape index (κ3) is 4.88. The molecule has 1 saturated heterocycles. The summed E-state index contributed by atoms with van der Waals surface area (Å²) in [6.45, 7) is 0.273. The van der Waals surface area contributed by atoms with Gasteiger partial charge in [-0.3, -0.25) is 14.5 Å². The van der Waals surface area contributed by atoms with Crippen molar-refractivity contribution in [2.45, 2.75) is 0 Å². The molecule has 0 spiro atoms. The molecule has 0 aliphatic carbocycles. The lowest BCUT2D eigenvalue weighted by molar-refractivity contribution is -0.123. The molecule has 1 fully saturated rings. The number of para-hydroxylation sites is 1. The summed E-state index contributed by atoms with van der Waals surface area (Å²) >= 11 is 10.4. The van der Waals surface area contributed by atoms with Crippen LogP contribution in [-0.4, -0.2) is 43.4 Å². The van der Waals surface area contributed by atoms with Crippen molar-refractivity contribution in [2.75, 3.05) is 27.4 Å². The highest BCUT2D eigenvalue weighted by Crippen LogP contribution is 2.37. The standard InChI is InChI=1S/C20H17BrClNO5S/c1-26-16-9-12(13(21)11-17(16)27-2)10-18-19(24)23(20(25)29-18)7-8-28-15-6-4-3-5-14(15)22/h3-6,9-11H,7-8H2,1-2H3/b18-10-. The maximum Gasteiger partial charge on any atom is 0.293 e. The Hall–Kier alpha value is -2.16. The van der Waals surface area contributed by atoms with Gasteiger partial charge in [0.25, 0.3) is 11.1 Å². The minimum Gasteiger partial charge on any atom is -0.493 e. The molecular formula is C20H17BrClNO5S. The Labute approximate surface area is 185 Å². The van der Waals surface area contributed by atoms with E-state index in [2.05, 4.69) is 15.9 Å². The molecule has 1 aliphatic rings. The van der Waals surface area contributed by atoms with Crippen LogP contribution in [0.3, 0.4) is 0 Å². The Bertz CT molecular complexity index is 981. The molecule has 9 heteroatoms. The van der Waals surface area contributed by atoms with Gasteiger partial charge < -0.3 is 14.2 Å². The van der Waals surface area contributed by atoms with Gasteiger partial charge in [-0.1, -0.05) is 39.7 Å². The normalized spacial score (nSPS) is 15.2. The van der Waals surface area contributed by atoms with E-state index in [9.17, 15) is 9.59 Å². The molecule has 2 aromatic carbocycles. The van der Waals surface area contributed by atoms with Crippen LogP contribution in [0.25, 0.3) is 6.08 Å². The number of carbonyl (C=O) groups is 2. The number of imide groups is 1. The largest absolute Gasteiger partial charge is 0.493 e. The predicted octanol–water partition coefficient (Wildman–Crippen LogP) is 5.24. The molecule has 1 aliphatic heterocycles. The van der Waals surface area contributed by atoms with E-state index in [1.54, 1.807) is 49.6 Å². The number of methoxy groups -OCH3 is 2. The zero-order valence-electron chi connectivity index (χ0n) is 15.6. The van der Waals surface area contributed by atoms with Crippen molar-refractivity contribution in [1.29, 1.82) is 0 Å². The summed E-state index contributed by atoms with van der Waals surface area (Å²) in [6.07, 6.45) is 1.64. The van der Waals surface area contributed by atoms with Crippen molar-refractivity contribution in [3.63, 3.8) is 0 Å². The van der Waals surface area contributed by atoms with Crippen LogP contribution in [0.1, 0.15) is 5.56 Å². The van der Waals surface area contributed by atoms with E-state index in [0.717, 1.165) is 16.7 Å². The van der Waals surface area contributed by atoms with E-state index < -0.39 is 0 Å². The maximum atomic E-state index is 12.7. The highest BCUT2D eigenvalue weighted by molar-refractivity contribution is 9.10. The SMILES string of the molecule is COc1cc(Br)c(/C=C2\SC(=O)N(CCOc3ccccc3Cl)C2=O)cc1OC. The molecule has 152 valence electrons. The molecule has 1 heterocycles. The van der Waals surface area contributed by atoms with Crippen LogP contribution in [0.4, 0.5) is 4.79 Å². The molecule has 0 unspecified atom stereocenters. The first-order chi connectivity index (χ1) is 13.9. The number of thioether (sulfide) groups is 1. The van der Waals surface area contributed by atoms with E-state index in [0.29, 0.717) is 37.2 Å². The van der Waals surface area contributed by atoms with Crippen LogP contribution < -0.4 is 14.2 Å². The lowest BCUT2D eigenvalue weighted by Gasteiger charge is -2.14. The molecular weight excluding hydrogens is 482 g/mol. The fraction of sp³-hybridized carbons (Fsp3) is 0.200. The van der Waals surface area contributed by atoms with E-state index in [1.165, 1.54) is 7.11 Å². The molecule has 3 rings (SSSR count). The van der Waals surface area contributed by atoms with Gasteiger partial charge in [0.15, 0.2) is 11.5 Å². The Kier molecular flexibility index (Phi) is 7.10. The summed E-state index contributed by atoms with van der Waals surface area (Å²) in [5, 5.41) is 0.125. The average molecular weight is 499 g/mol. The second kappa shape index (κ2) is 9.56. The summed E-state index contributed by atoms with van der Waals surface area (Å²) < 4.78 is 16.8. The number of amides is 2. The van der Waals surface area contributed by atoms with Crippen LogP contribution in [0, 0.1) is 0 Å². The summed E-state index contributed by atoms with van der Waals surface area (Å²) in [4.78, 5) is 26.4. The Morgan fingerprint density at radius 1 is 1.10 bits per heavy atom. The Balaban J connectivity index is 1.72. The molecule has 2 aromatic rings. The van der Waals surface area contributed by atoms with Gasteiger partial charge in [-0.15, -0.1) is 0 Å². The van der Waals surface area contributed by atoms with Crippen molar-refractivity contribution < 1.29 is 23.8 Å². The number of halogens is 2. The molecule has 0 bridgehead atoms. The third-order valence-electron chi connectivity index (χ3n) is 4.07. The summed E-state index contributed by atoms with van der Waals surface area (Å²) in [5.41, 5.74) is 0.695. The highest BCUT2D eigenvalue weighted by atomic mass is 79.9. The second-order valence-electron chi connectivity index (χ2n) is 5.84. The van der Waals surface area contributed by atoms with Gasteiger partial charge in [-0.05, 0) is 47.7 Å². The zero-order chi connectivity index (χ0) is 21.0. The quantitative estimate of drug-likeness (QED) is 0.487.